The third-order valence-corrected chi connectivity index (χ3v) is 2.90. The van der Waals surface area contributed by atoms with Crippen LogP contribution in [0.15, 0.2) is 12.1 Å². The van der Waals surface area contributed by atoms with Crippen LogP contribution in [0.25, 0.3) is 0 Å². The Balaban J connectivity index is 2.54. The maximum Gasteiger partial charge on any atom is 0.177 e. The van der Waals surface area contributed by atoms with Gasteiger partial charge in [-0.25, -0.2) is 0 Å². The number of carbonyl (C=O) groups excluding carboxylic acids is 1. The number of halogens is 2. The molecule has 0 fully saturated rings. The normalized spacial score (nSPS) is 13.6. The van der Waals surface area contributed by atoms with Gasteiger partial charge < -0.3 is 4.74 Å². The fraction of sp³-hybridized carbons (Fsp3) is 0.300. The number of ketones is 1. The van der Waals surface area contributed by atoms with Gasteiger partial charge in [0.2, 0.25) is 0 Å². The highest BCUT2D eigenvalue weighted by atomic mass is 79.9. The van der Waals surface area contributed by atoms with Crippen LogP contribution in [0, 0.1) is 0 Å². The molecule has 2 rings (SSSR count). The molecule has 0 radical (unpaired) electrons. The summed E-state index contributed by atoms with van der Waals surface area (Å²) in [5.41, 5.74) is 1.61. The van der Waals surface area contributed by atoms with Crippen LogP contribution in [0.3, 0.4) is 0 Å². The fourth-order valence-electron chi connectivity index (χ4n) is 1.55. The summed E-state index contributed by atoms with van der Waals surface area (Å²) in [5.74, 6) is 0.713. The van der Waals surface area contributed by atoms with Crippen molar-refractivity contribution in [1.82, 2.24) is 0 Å². The first-order valence-corrected chi connectivity index (χ1v) is 5.76. The Kier molecular flexibility index (Phi) is 2.79. The smallest absolute Gasteiger partial charge is 0.177 e. The van der Waals surface area contributed by atoms with Crippen molar-refractivity contribution in [3.8, 4) is 5.75 Å². The predicted octanol–water partition coefficient (Wildman–Crippen LogP) is 2.85. The zero-order chi connectivity index (χ0) is 10.1. The molecule has 14 heavy (non-hydrogen) atoms. The van der Waals surface area contributed by atoms with Crippen molar-refractivity contribution in [3.05, 3.63) is 28.3 Å². The summed E-state index contributed by atoms with van der Waals surface area (Å²) >= 11 is 9.04. The van der Waals surface area contributed by atoms with Crippen molar-refractivity contribution in [1.29, 1.82) is 0 Å². The van der Waals surface area contributed by atoms with Crippen molar-refractivity contribution in [2.75, 3.05) is 11.9 Å². The van der Waals surface area contributed by atoms with E-state index in [4.69, 9.17) is 16.3 Å². The number of benzene rings is 1. The Morgan fingerprint density at radius 2 is 2.36 bits per heavy atom. The lowest BCUT2D eigenvalue weighted by atomic mass is 10.1. The lowest BCUT2D eigenvalue weighted by molar-refractivity contribution is 0.102. The summed E-state index contributed by atoms with van der Waals surface area (Å²) in [6, 6.07) is 3.52. The van der Waals surface area contributed by atoms with Gasteiger partial charge in [0, 0.05) is 11.4 Å². The standard InChI is InChI=1S/C10H8BrClO2/c11-5-9(13)8-4-7(12)3-6-1-2-14-10(6)8/h3-4H,1-2,5H2. The van der Waals surface area contributed by atoms with Gasteiger partial charge in [-0.2, -0.15) is 0 Å². The van der Waals surface area contributed by atoms with Crippen molar-refractivity contribution in [2.24, 2.45) is 0 Å². The van der Waals surface area contributed by atoms with Crippen LogP contribution < -0.4 is 4.74 Å². The second-order valence-corrected chi connectivity index (χ2v) is 4.09. The van der Waals surface area contributed by atoms with Gasteiger partial charge in [0.05, 0.1) is 17.5 Å². The number of rotatable bonds is 2. The Labute approximate surface area is 95.3 Å². The number of hydrogen-bond donors (Lipinski definition) is 0. The third-order valence-electron chi connectivity index (χ3n) is 2.17. The average Bonchev–Trinajstić information content (AvgIpc) is 2.62. The van der Waals surface area contributed by atoms with Crippen molar-refractivity contribution < 1.29 is 9.53 Å². The summed E-state index contributed by atoms with van der Waals surface area (Å²) in [6.07, 6.45) is 0.832. The number of hydrogen-bond acceptors (Lipinski definition) is 2. The number of alkyl halides is 1. The van der Waals surface area contributed by atoms with E-state index < -0.39 is 0 Å². The molecular formula is C10H8BrClO2. The largest absolute Gasteiger partial charge is 0.492 e. The summed E-state index contributed by atoms with van der Waals surface area (Å²) < 4.78 is 5.41. The molecule has 1 aromatic rings. The monoisotopic (exact) mass is 274 g/mol. The Morgan fingerprint density at radius 1 is 1.57 bits per heavy atom. The molecule has 1 aliphatic rings. The number of ether oxygens (including phenoxy) is 1. The maximum atomic E-state index is 11.5. The van der Waals surface area contributed by atoms with Crippen molar-refractivity contribution in [3.63, 3.8) is 0 Å². The van der Waals surface area contributed by atoms with Crippen molar-refractivity contribution in [2.45, 2.75) is 6.42 Å². The topological polar surface area (TPSA) is 26.3 Å². The molecular weight excluding hydrogens is 267 g/mol. The predicted molar refractivity (Wildman–Crippen MR) is 58.8 cm³/mol. The minimum atomic E-state index is 0.00523. The molecule has 0 saturated carbocycles. The number of Topliss-reactive ketones (excluding diaryl/α,β-unsaturated/α-hetero) is 1. The average molecular weight is 276 g/mol. The lowest BCUT2D eigenvalue weighted by Crippen LogP contribution is -2.02. The fourth-order valence-corrected chi connectivity index (χ4v) is 2.09. The van der Waals surface area contributed by atoms with E-state index in [0.29, 0.717) is 28.3 Å². The minimum Gasteiger partial charge on any atom is -0.492 e. The van der Waals surface area contributed by atoms with Gasteiger partial charge >= 0.3 is 0 Å². The quantitative estimate of drug-likeness (QED) is 0.613. The molecule has 0 saturated heterocycles. The molecule has 0 unspecified atom stereocenters. The zero-order valence-corrected chi connectivity index (χ0v) is 9.69. The van der Waals surface area contributed by atoms with Crippen LogP contribution in [0.2, 0.25) is 5.02 Å². The lowest BCUT2D eigenvalue weighted by Gasteiger charge is -2.06. The maximum absolute atomic E-state index is 11.5. The molecule has 0 aromatic heterocycles. The van der Waals surface area contributed by atoms with Crippen LogP contribution in [-0.4, -0.2) is 17.7 Å². The molecule has 0 amide bonds. The second kappa shape index (κ2) is 3.91. The Bertz CT molecular complexity index is 390. The first-order valence-electron chi connectivity index (χ1n) is 4.26. The molecule has 0 N–H and O–H groups in total. The molecule has 74 valence electrons. The van der Waals surface area contributed by atoms with E-state index in [0.717, 1.165) is 12.0 Å². The third kappa shape index (κ3) is 1.66. The second-order valence-electron chi connectivity index (χ2n) is 3.10. The minimum absolute atomic E-state index is 0.00523. The Morgan fingerprint density at radius 3 is 3.07 bits per heavy atom. The molecule has 0 atom stereocenters. The highest BCUT2D eigenvalue weighted by Crippen LogP contribution is 2.33. The summed E-state index contributed by atoms with van der Waals surface area (Å²) in [5, 5.41) is 0.891. The molecule has 4 heteroatoms. The van der Waals surface area contributed by atoms with E-state index in [9.17, 15) is 4.79 Å². The SMILES string of the molecule is O=C(CBr)c1cc(Cl)cc2c1OCC2. The first kappa shape index (κ1) is 9.99. The molecule has 0 spiro atoms. The summed E-state index contributed by atoms with van der Waals surface area (Å²) in [7, 11) is 0. The highest BCUT2D eigenvalue weighted by molar-refractivity contribution is 9.09. The summed E-state index contributed by atoms with van der Waals surface area (Å²) in [4.78, 5) is 11.5. The van der Waals surface area contributed by atoms with Crippen molar-refractivity contribution >= 4 is 33.3 Å². The molecule has 1 heterocycles. The van der Waals surface area contributed by atoms with E-state index in [1.165, 1.54) is 0 Å². The van der Waals surface area contributed by atoms with Crippen LogP contribution in [0.5, 0.6) is 5.75 Å². The van der Waals surface area contributed by atoms with Gasteiger partial charge in [-0.05, 0) is 17.7 Å². The van der Waals surface area contributed by atoms with E-state index >= 15 is 0 Å². The Hall–Kier alpha value is -0.540. The van der Waals surface area contributed by atoms with Gasteiger partial charge in [0.25, 0.3) is 0 Å². The zero-order valence-electron chi connectivity index (χ0n) is 7.35. The van der Waals surface area contributed by atoms with Gasteiger partial charge in [0.15, 0.2) is 5.78 Å². The van der Waals surface area contributed by atoms with Crippen LogP contribution in [0.1, 0.15) is 15.9 Å². The molecule has 1 aromatic carbocycles. The van der Waals surface area contributed by atoms with Crippen LogP contribution >= 0.6 is 27.5 Å². The van der Waals surface area contributed by atoms with Gasteiger partial charge in [-0.15, -0.1) is 0 Å². The molecule has 0 bridgehead atoms. The molecule has 2 nitrogen and oxygen atoms in total. The van der Waals surface area contributed by atoms with Gasteiger partial charge in [-0.3, -0.25) is 4.79 Å². The van der Waals surface area contributed by atoms with Crippen LogP contribution in [-0.2, 0) is 6.42 Å². The van der Waals surface area contributed by atoms with Crippen LogP contribution in [0.4, 0.5) is 0 Å². The van der Waals surface area contributed by atoms with E-state index in [1.54, 1.807) is 6.07 Å². The molecule has 0 aliphatic carbocycles. The highest BCUT2D eigenvalue weighted by Gasteiger charge is 2.20. The van der Waals surface area contributed by atoms with E-state index in [-0.39, 0.29) is 5.78 Å². The number of fused-ring (bicyclic) bond motifs is 1. The summed E-state index contributed by atoms with van der Waals surface area (Å²) in [6.45, 7) is 0.637. The van der Waals surface area contributed by atoms with Gasteiger partial charge in [0.1, 0.15) is 5.75 Å². The molecule has 1 aliphatic heterocycles. The van der Waals surface area contributed by atoms with E-state index in [1.807, 2.05) is 6.07 Å². The van der Waals surface area contributed by atoms with E-state index in [2.05, 4.69) is 15.9 Å². The van der Waals surface area contributed by atoms with Gasteiger partial charge in [-0.1, -0.05) is 27.5 Å². The number of carbonyl (C=O) groups is 1. The first-order chi connectivity index (χ1) is 6.72.